The van der Waals surface area contributed by atoms with E-state index in [4.69, 9.17) is 14.9 Å². The number of ether oxygens (including phenoxy) is 2. The second-order valence-electron chi connectivity index (χ2n) is 6.57. The summed E-state index contributed by atoms with van der Waals surface area (Å²) in [6.07, 6.45) is -0.807. The van der Waals surface area contributed by atoms with Crippen LogP contribution in [0.2, 0.25) is 0 Å². The monoisotopic (exact) mass is 335 g/mol. The van der Waals surface area contributed by atoms with E-state index in [-0.39, 0.29) is 6.61 Å². The molecule has 1 aromatic rings. The molecule has 0 aliphatic carbocycles. The lowest BCUT2D eigenvalue weighted by Gasteiger charge is -2.19. The maximum Gasteiger partial charge on any atom is 0.414 e. The van der Waals surface area contributed by atoms with Gasteiger partial charge in [-0.3, -0.25) is 20.8 Å². The van der Waals surface area contributed by atoms with E-state index in [1.54, 1.807) is 20.8 Å². The van der Waals surface area contributed by atoms with Gasteiger partial charge in [0.1, 0.15) is 11.4 Å². The van der Waals surface area contributed by atoms with Gasteiger partial charge in [-0.15, -0.1) is 0 Å². The van der Waals surface area contributed by atoms with Crippen molar-refractivity contribution < 1.29 is 19.1 Å². The number of amides is 2. The highest BCUT2D eigenvalue weighted by Crippen LogP contribution is 2.24. The van der Waals surface area contributed by atoms with E-state index in [1.165, 1.54) is 0 Å². The molecule has 7 heteroatoms. The summed E-state index contributed by atoms with van der Waals surface area (Å²) in [4.78, 5) is 23.3. The maximum atomic E-state index is 11.8. The predicted molar refractivity (Wildman–Crippen MR) is 91.4 cm³/mol. The Balaban J connectivity index is 2.50. The number of carbonyl (C=O) groups excluding carboxylic acids is 2. The zero-order valence-corrected chi connectivity index (χ0v) is 15.0. The number of nitrogens with one attached hydrogen (secondary N) is 3. The van der Waals surface area contributed by atoms with Gasteiger partial charge in [0.05, 0.1) is 0 Å². The third-order valence-corrected chi connectivity index (χ3v) is 2.84. The first-order valence-electron chi connectivity index (χ1n) is 7.57. The Kier molecular flexibility index (Phi) is 6.34. The number of guanidine groups is 1. The van der Waals surface area contributed by atoms with E-state index in [9.17, 15) is 9.59 Å². The van der Waals surface area contributed by atoms with Crippen molar-refractivity contribution in [2.75, 3.05) is 6.61 Å². The van der Waals surface area contributed by atoms with E-state index in [2.05, 4.69) is 10.6 Å². The lowest BCUT2D eigenvalue weighted by Crippen LogP contribution is -2.46. The van der Waals surface area contributed by atoms with Gasteiger partial charge >= 0.3 is 6.09 Å². The Morgan fingerprint density at radius 3 is 2.12 bits per heavy atom. The average molecular weight is 335 g/mol. The van der Waals surface area contributed by atoms with Crippen molar-refractivity contribution in [1.29, 1.82) is 5.41 Å². The number of benzene rings is 1. The molecule has 7 nitrogen and oxygen atoms in total. The molecule has 2 amide bonds. The van der Waals surface area contributed by atoms with Crippen LogP contribution in [-0.2, 0) is 9.53 Å². The Labute approximate surface area is 142 Å². The summed E-state index contributed by atoms with van der Waals surface area (Å²) in [6, 6.07) is 3.93. The van der Waals surface area contributed by atoms with Gasteiger partial charge in [0.25, 0.3) is 5.91 Å². The molecule has 1 rings (SSSR count). The largest absolute Gasteiger partial charge is 0.483 e. The summed E-state index contributed by atoms with van der Waals surface area (Å²) in [6.45, 7) is 10.6. The first-order valence-corrected chi connectivity index (χ1v) is 7.57. The molecule has 0 aromatic heterocycles. The highest BCUT2D eigenvalue weighted by molar-refractivity contribution is 6.01. The molecule has 1 aromatic carbocycles. The molecular formula is C17H25N3O4. The second-order valence-corrected chi connectivity index (χ2v) is 6.57. The van der Waals surface area contributed by atoms with Crippen LogP contribution in [0.3, 0.4) is 0 Å². The van der Waals surface area contributed by atoms with E-state index >= 15 is 0 Å². The van der Waals surface area contributed by atoms with Crippen molar-refractivity contribution in [3.63, 3.8) is 0 Å². The van der Waals surface area contributed by atoms with Crippen molar-refractivity contribution in [3.8, 4) is 5.75 Å². The van der Waals surface area contributed by atoms with Crippen molar-refractivity contribution >= 4 is 18.0 Å². The molecule has 0 aliphatic heterocycles. The van der Waals surface area contributed by atoms with Gasteiger partial charge in [0.2, 0.25) is 5.96 Å². The molecule has 0 spiro atoms. The predicted octanol–water partition coefficient (Wildman–Crippen LogP) is 2.57. The minimum atomic E-state index is -0.807. The summed E-state index contributed by atoms with van der Waals surface area (Å²) in [5, 5.41) is 11.9. The van der Waals surface area contributed by atoms with Gasteiger partial charge in [-0.2, -0.15) is 0 Å². The molecule has 0 heterocycles. The highest BCUT2D eigenvalue weighted by atomic mass is 16.6. The second kappa shape index (κ2) is 7.81. The van der Waals surface area contributed by atoms with E-state index in [1.807, 2.05) is 32.9 Å². The van der Waals surface area contributed by atoms with E-state index < -0.39 is 23.6 Å². The number of aryl methyl sites for hydroxylation is 3. The number of hydrogen-bond acceptors (Lipinski definition) is 5. The number of rotatable bonds is 3. The third kappa shape index (κ3) is 6.68. The van der Waals surface area contributed by atoms with Crippen molar-refractivity contribution in [2.24, 2.45) is 0 Å². The molecule has 0 radical (unpaired) electrons. The van der Waals surface area contributed by atoms with E-state index in [0.29, 0.717) is 5.75 Å². The van der Waals surface area contributed by atoms with Crippen LogP contribution in [0, 0.1) is 26.2 Å². The van der Waals surface area contributed by atoms with Crippen molar-refractivity contribution in [2.45, 2.75) is 47.1 Å². The van der Waals surface area contributed by atoms with Crippen LogP contribution in [0.1, 0.15) is 37.5 Å². The topological polar surface area (TPSA) is 101 Å². The highest BCUT2D eigenvalue weighted by Gasteiger charge is 2.18. The molecule has 24 heavy (non-hydrogen) atoms. The first-order chi connectivity index (χ1) is 11.0. The first kappa shape index (κ1) is 19.5. The van der Waals surface area contributed by atoms with Gasteiger partial charge in [-0.05, 0) is 52.7 Å². The van der Waals surface area contributed by atoms with Crippen LogP contribution in [0.5, 0.6) is 5.75 Å². The van der Waals surface area contributed by atoms with Crippen LogP contribution in [-0.4, -0.2) is 30.2 Å². The molecule has 0 aliphatic rings. The minimum Gasteiger partial charge on any atom is -0.483 e. The summed E-state index contributed by atoms with van der Waals surface area (Å²) < 4.78 is 10.5. The van der Waals surface area contributed by atoms with Crippen molar-refractivity contribution in [3.05, 3.63) is 28.8 Å². The van der Waals surface area contributed by atoms with Crippen LogP contribution < -0.4 is 15.4 Å². The molecule has 0 unspecified atom stereocenters. The van der Waals surface area contributed by atoms with Crippen LogP contribution >= 0.6 is 0 Å². The fourth-order valence-corrected chi connectivity index (χ4v) is 2.14. The lowest BCUT2D eigenvalue weighted by molar-refractivity contribution is -0.121. The normalized spacial score (nSPS) is 10.8. The molecular weight excluding hydrogens is 310 g/mol. The molecule has 132 valence electrons. The molecule has 0 fully saturated rings. The SMILES string of the molecule is Cc1cc(C)c(OCC(=O)NC(=N)NC(=O)OC(C)(C)C)c(C)c1. The van der Waals surface area contributed by atoms with Crippen LogP contribution in [0.15, 0.2) is 12.1 Å². The Hall–Kier alpha value is -2.57. The zero-order valence-electron chi connectivity index (χ0n) is 15.0. The van der Waals surface area contributed by atoms with Crippen molar-refractivity contribution in [1.82, 2.24) is 10.6 Å². The number of alkyl carbamates (subject to hydrolysis) is 1. The average Bonchev–Trinajstić information content (AvgIpc) is 2.34. The van der Waals surface area contributed by atoms with Crippen LogP contribution in [0.4, 0.5) is 4.79 Å². The molecule has 0 atom stereocenters. The summed E-state index contributed by atoms with van der Waals surface area (Å²) in [7, 11) is 0. The molecule has 0 saturated carbocycles. The molecule has 0 saturated heterocycles. The fraction of sp³-hybridized carbons (Fsp3) is 0.471. The maximum absolute atomic E-state index is 11.8. The minimum absolute atomic E-state index is 0.261. The Morgan fingerprint density at radius 2 is 1.62 bits per heavy atom. The smallest absolute Gasteiger partial charge is 0.414 e. The van der Waals surface area contributed by atoms with Gasteiger partial charge in [0, 0.05) is 0 Å². The molecule has 0 bridgehead atoms. The van der Waals surface area contributed by atoms with Gasteiger partial charge in [-0.25, -0.2) is 4.79 Å². The molecule has 3 N–H and O–H groups in total. The summed E-state index contributed by atoms with van der Waals surface area (Å²) in [5.74, 6) is -0.368. The fourth-order valence-electron chi connectivity index (χ4n) is 2.14. The number of carbonyl (C=O) groups is 2. The summed E-state index contributed by atoms with van der Waals surface area (Å²) >= 11 is 0. The zero-order chi connectivity index (χ0) is 18.5. The summed E-state index contributed by atoms with van der Waals surface area (Å²) in [5.41, 5.74) is 2.30. The quantitative estimate of drug-likeness (QED) is 0.584. The Morgan fingerprint density at radius 1 is 1.08 bits per heavy atom. The lowest BCUT2D eigenvalue weighted by atomic mass is 10.1. The van der Waals surface area contributed by atoms with Gasteiger partial charge in [-0.1, -0.05) is 17.7 Å². The van der Waals surface area contributed by atoms with Gasteiger partial charge < -0.3 is 9.47 Å². The number of hydrogen-bond donors (Lipinski definition) is 3. The van der Waals surface area contributed by atoms with E-state index in [0.717, 1.165) is 16.7 Å². The third-order valence-electron chi connectivity index (χ3n) is 2.84. The standard InChI is InChI=1S/C17H25N3O4/c1-10-7-11(2)14(12(3)8-10)23-9-13(21)19-15(18)20-16(22)24-17(4,5)6/h7-8H,9H2,1-6H3,(H3,18,19,20,21,22). The van der Waals surface area contributed by atoms with Gasteiger partial charge in [0.15, 0.2) is 6.61 Å². The Bertz CT molecular complexity index is 625. The van der Waals surface area contributed by atoms with Crippen LogP contribution in [0.25, 0.3) is 0 Å².